The van der Waals surface area contributed by atoms with Gasteiger partial charge in [-0.05, 0) is 42.0 Å². The lowest BCUT2D eigenvalue weighted by molar-refractivity contribution is 0.343. The molecule has 1 aliphatic carbocycles. The first-order chi connectivity index (χ1) is 8.16. The third-order valence-corrected chi connectivity index (χ3v) is 4.58. The van der Waals surface area contributed by atoms with E-state index in [4.69, 9.17) is 0 Å². The number of fused-ring (bicyclic) bond motifs is 3. The van der Waals surface area contributed by atoms with Crippen molar-refractivity contribution in [3.8, 4) is 0 Å². The van der Waals surface area contributed by atoms with Gasteiger partial charge in [-0.1, -0.05) is 41.9 Å². The van der Waals surface area contributed by atoms with Crippen LogP contribution in [0.4, 0.5) is 5.69 Å². The fourth-order valence-electron chi connectivity index (χ4n) is 3.26. The van der Waals surface area contributed by atoms with Gasteiger partial charge in [-0.25, -0.2) is 0 Å². The molecule has 0 bridgehead atoms. The normalized spacial score (nSPS) is 30.0. The molecule has 3 atom stereocenters. The van der Waals surface area contributed by atoms with Crippen molar-refractivity contribution in [1.82, 2.24) is 0 Å². The molecule has 90 valence electrons. The molecule has 0 aromatic heterocycles. The number of benzene rings is 1. The van der Waals surface area contributed by atoms with Gasteiger partial charge in [-0.3, -0.25) is 0 Å². The van der Waals surface area contributed by atoms with E-state index < -0.39 is 0 Å². The molecule has 1 heterocycles. The highest BCUT2D eigenvalue weighted by molar-refractivity contribution is 9.10. The summed E-state index contributed by atoms with van der Waals surface area (Å²) in [6, 6.07) is 7.20. The van der Waals surface area contributed by atoms with Crippen LogP contribution in [0.2, 0.25) is 0 Å². The molecule has 1 aromatic rings. The van der Waals surface area contributed by atoms with Crippen molar-refractivity contribution in [2.45, 2.75) is 32.2 Å². The van der Waals surface area contributed by atoms with E-state index in [2.05, 4.69) is 65.4 Å². The second-order valence-corrected chi connectivity index (χ2v) is 6.41. The smallest absolute Gasteiger partial charge is 0.0382 e. The fourth-order valence-corrected chi connectivity index (χ4v) is 3.64. The Morgan fingerprint density at radius 3 is 2.94 bits per heavy atom. The standard InChI is InChI=1S/C15H18BrN/c1-9(2)15-12-5-3-4-11(12)13-8-10(16)6-7-14(13)17-15/h3-4,6-9,11-12,15,17H,5H2,1-2H3/t11-,12+,15+/m0/s1. The lowest BCUT2D eigenvalue weighted by Gasteiger charge is -2.39. The van der Waals surface area contributed by atoms with Crippen LogP contribution >= 0.6 is 15.9 Å². The Labute approximate surface area is 111 Å². The maximum absolute atomic E-state index is 3.73. The SMILES string of the molecule is CC(C)[C@H]1Nc2ccc(Br)cc2[C@H]2C=CC[C@H]21. The maximum atomic E-state index is 3.73. The molecule has 0 amide bonds. The molecule has 2 heteroatoms. The van der Waals surface area contributed by atoms with Gasteiger partial charge < -0.3 is 5.32 Å². The molecule has 0 saturated carbocycles. The van der Waals surface area contributed by atoms with Crippen LogP contribution < -0.4 is 5.32 Å². The summed E-state index contributed by atoms with van der Waals surface area (Å²) in [5.74, 6) is 2.02. The van der Waals surface area contributed by atoms with Crippen molar-refractivity contribution in [3.05, 3.63) is 40.4 Å². The van der Waals surface area contributed by atoms with E-state index in [1.807, 2.05) is 0 Å². The third-order valence-electron chi connectivity index (χ3n) is 4.09. The van der Waals surface area contributed by atoms with E-state index in [-0.39, 0.29) is 0 Å². The van der Waals surface area contributed by atoms with Gasteiger partial charge in [0.2, 0.25) is 0 Å². The Hall–Kier alpha value is -0.760. The van der Waals surface area contributed by atoms with Gasteiger partial charge in [-0.2, -0.15) is 0 Å². The summed E-state index contributed by atoms with van der Waals surface area (Å²) in [5, 5.41) is 3.73. The zero-order chi connectivity index (χ0) is 12.0. The number of anilines is 1. The van der Waals surface area contributed by atoms with E-state index >= 15 is 0 Å². The van der Waals surface area contributed by atoms with E-state index in [1.165, 1.54) is 22.1 Å². The minimum absolute atomic E-state index is 0.601. The average molecular weight is 292 g/mol. The van der Waals surface area contributed by atoms with Gasteiger partial charge in [0, 0.05) is 22.1 Å². The lowest BCUT2D eigenvalue weighted by atomic mass is 9.76. The zero-order valence-electron chi connectivity index (χ0n) is 10.3. The van der Waals surface area contributed by atoms with Gasteiger partial charge >= 0.3 is 0 Å². The van der Waals surface area contributed by atoms with E-state index in [1.54, 1.807) is 0 Å². The van der Waals surface area contributed by atoms with Crippen LogP contribution in [-0.4, -0.2) is 6.04 Å². The molecule has 1 aromatic carbocycles. The highest BCUT2D eigenvalue weighted by atomic mass is 79.9. The number of hydrogen-bond donors (Lipinski definition) is 1. The van der Waals surface area contributed by atoms with Crippen LogP contribution in [0, 0.1) is 11.8 Å². The second kappa shape index (κ2) is 4.16. The van der Waals surface area contributed by atoms with Gasteiger partial charge in [0.05, 0.1) is 0 Å². The molecule has 0 radical (unpaired) electrons. The predicted octanol–water partition coefficient (Wildman–Crippen LogP) is 4.56. The Kier molecular flexibility index (Phi) is 2.78. The first-order valence-electron chi connectivity index (χ1n) is 6.39. The molecule has 0 spiro atoms. The van der Waals surface area contributed by atoms with E-state index in [0.717, 1.165) is 5.92 Å². The summed E-state index contributed by atoms with van der Waals surface area (Å²) in [4.78, 5) is 0. The monoisotopic (exact) mass is 291 g/mol. The van der Waals surface area contributed by atoms with Crippen molar-refractivity contribution >= 4 is 21.6 Å². The molecule has 1 N–H and O–H groups in total. The van der Waals surface area contributed by atoms with Gasteiger partial charge in [0.15, 0.2) is 0 Å². The minimum Gasteiger partial charge on any atom is -0.381 e. The van der Waals surface area contributed by atoms with Crippen molar-refractivity contribution in [2.75, 3.05) is 5.32 Å². The largest absolute Gasteiger partial charge is 0.381 e. The lowest BCUT2D eigenvalue weighted by Crippen LogP contribution is -2.39. The summed E-state index contributed by atoms with van der Waals surface area (Å²) < 4.78 is 1.18. The van der Waals surface area contributed by atoms with Gasteiger partial charge in [0.25, 0.3) is 0 Å². The minimum atomic E-state index is 0.601. The van der Waals surface area contributed by atoms with Crippen LogP contribution in [0.3, 0.4) is 0 Å². The van der Waals surface area contributed by atoms with Crippen molar-refractivity contribution < 1.29 is 0 Å². The number of halogens is 1. The highest BCUT2D eigenvalue weighted by Gasteiger charge is 2.38. The number of allylic oxidation sites excluding steroid dienone is 2. The topological polar surface area (TPSA) is 12.0 Å². The number of rotatable bonds is 1. The Balaban J connectivity index is 2.06. The van der Waals surface area contributed by atoms with Crippen LogP contribution in [0.15, 0.2) is 34.8 Å². The summed E-state index contributed by atoms with van der Waals surface area (Å²) in [6.45, 7) is 4.63. The zero-order valence-corrected chi connectivity index (χ0v) is 11.9. The molecule has 0 saturated heterocycles. The van der Waals surface area contributed by atoms with E-state index in [9.17, 15) is 0 Å². The Bertz CT molecular complexity index is 464. The first kappa shape index (κ1) is 11.3. The fraction of sp³-hybridized carbons (Fsp3) is 0.467. The molecule has 1 aliphatic heterocycles. The number of hydrogen-bond acceptors (Lipinski definition) is 1. The van der Waals surface area contributed by atoms with Crippen LogP contribution in [0.5, 0.6) is 0 Å². The van der Waals surface area contributed by atoms with Crippen molar-refractivity contribution in [3.63, 3.8) is 0 Å². The first-order valence-corrected chi connectivity index (χ1v) is 7.19. The molecule has 1 nitrogen and oxygen atoms in total. The average Bonchev–Trinajstić information content (AvgIpc) is 2.76. The molecular weight excluding hydrogens is 274 g/mol. The molecule has 3 rings (SSSR count). The van der Waals surface area contributed by atoms with Crippen LogP contribution in [0.1, 0.15) is 31.7 Å². The third kappa shape index (κ3) is 1.83. The maximum Gasteiger partial charge on any atom is 0.0382 e. The quantitative estimate of drug-likeness (QED) is 0.748. The van der Waals surface area contributed by atoms with Gasteiger partial charge in [0.1, 0.15) is 0 Å². The second-order valence-electron chi connectivity index (χ2n) is 5.50. The van der Waals surface area contributed by atoms with Crippen molar-refractivity contribution in [1.29, 1.82) is 0 Å². The van der Waals surface area contributed by atoms with E-state index in [0.29, 0.717) is 17.9 Å². The highest BCUT2D eigenvalue weighted by Crippen LogP contribution is 2.46. The van der Waals surface area contributed by atoms with Crippen LogP contribution in [0.25, 0.3) is 0 Å². The Morgan fingerprint density at radius 2 is 2.18 bits per heavy atom. The summed E-state index contributed by atoms with van der Waals surface area (Å²) in [5.41, 5.74) is 2.77. The van der Waals surface area contributed by atoms with Gasteiger partial charge in [-0.15, -0.1) is 0 Å². The molecule has 0 unspecified atom stereocenters. The summed E-state index contributed by atoms with van der Waals surface area (Å²) in [7, 11) is 0. The Morgan fingerprint density at radius 1 is 1.35 bits per heavy atom. The summed E-state index contributed by atoms with van der Waals surface area (Å²) in [6.07, 6.45) is 5.96. The summed E-state index contributed by atoms with van der Waals surface area (Å²) >= 11 is 3.58. The van der Waals surface area contributed by atoms with Crippen LogP contribution in [-0.2, 0) is 0 Å². The number of nitrogens with one attached hydrogen (secondary N) is 1. The van der Waals surface area contributed by atoms with Crippen molar-refractivity contribution in [2.24, 2.45) is 11.8 Å². The predicted molar refractivity (Wildman–Crippen MR) is 76.4 cm³/mol. The molecule has 17 heavy (non-hydrogen) atoms. The molecule has 0 fully saturated rings. The molecule has 2 aliphatic rings. The molecular formula is C15H18BrN.